The van der Waals surface area contributed by atoms with Crippen molar-refractivity contribution >= 4 is 21.5 Å². The average molecular weight is 288 g/mol. The molecule has 1 aromatic rings. The van der Waals surface area contributed by atoms with Crippen molar-refractivity contribution < 1.29 is 22.8 Å². The second-order valence-corrected chi connectivity index (χ2v) is 4.78. The molecule has 1 N–H and O–H groups in total. The van der Waals surface area contributed by atoms with Gasteiger partial charge in [0, 0.05) is 12.5 Å². The van der Waals surface area contributed by atoms with E-state index >= 15 is 0 Å². The van der Waals surface area contributed by atoms with Crippen molar-refractivity contribution in [1.29, 1.82) is 0 Å². The Morgan fingerprint density at radius 1 is 1.26 bits per heavy atom. The number of nitro groups is 2. The first kappa shape index (κ1) is 14.7. The number of benzene rings is 1. The van der Waals surface area contributed by atoms with Crippen LogP contribution in [0.4, 0.5) is 11.4 Å². The van der Waals surface area contributed by atoms with Crippen LogP contribution in [0.5, 0.6) is 0 Å². The van der Waals surface area contributed by atoms with Crippen LogP contribution in [0.25, 0.3) is 0 Å². The van der Waals surface area contributed by atoms with Crippen molar-refractivity contribution in [3.8, 4) is 0 Å². The molecule has 102 valence electrons. The average Bonchev–Trinajstić information content (AvgIpc) is 2.26. The topological polar surface area (TPSA) is 141 Å². The fourth-order valence-corrected chi connectivity index (χ4v) is 2.21. The van der Waals surface area contributed by atoms with Gasteiger partial charge in [-0.3, -0.25) is 24.8 Å². The lowest BCUT2D eigenvalue weighted by atomic mass is 10.1. The van der Waals surface area contributed by atoms with Gasteiger partial charge in [-0.2, -0.15) is 8.42 Å². The van der Waals surface area contributed by atoms with E-state index in [-0.39, 0.29) is 6.42 Å². The number of nitrogens with zero attached hydrogens (tertiary/aromatic N) is 2. The third kappa shape index (κ3) is 2.92. The highest BCUT2D eigenvalue weighted by molar-refractivity contribution is 7.86. The summed E-state index contributed by atoms with van der Waals surface area (Å²) in [5.41, 5.74) is -2.06. The van der Waals surface area contributed by atoms with Crippen LogP contribution in [0.1, 0.15) is 5.56 Å². The van der Waals surface area contributed by atoms with E-state index in [0.29, 0.717) is 6.07 Å². The SMILES string of the molecule is C=CCc1c([N+](=O)[O-])ccc(S(=O)(=O)O)c1[N+](=O)[O-]. The third-order valence-corrected chi connectivity index (χ3v) is 3.11. The van der Waals surface area contributed by atoms with Crippen LogP contribution < -0.4 is 0 Å². The predicted octanol–water partition coefficient (Wildman–Crippen LogP) is 1.48. The quantitative estimate of drug-likeness (QED) is 0.374. The van der Waals surface area contributed by atoms with Crippen molar-refractivity contribution in [2.24, 2.45) is 0 Å². The van der Waals surface area contributed by atoms with Gasteiger partial charge in [0.1, 0.15) is 5.56 Å². The van der Waals surface area contributed by atoms with Crippen molar-refractivity contribution in [1.82, 2.24) is 0 Å². The summed E-state index contributed by atoms with van der Waals surface area (Å²) in [6.07, 6.45) is 0.874. The molecule has 0 radical (unpaired) electrons. The monoisotopic (exact) mass is 288 g/mol. The van der Waals surface area contributed by atoms with Gasteiger partial charge in [0.25, 0.3) is 5.69 Å². The summed E-state index contributed by atoms with van der Waals surface area (Å²) < 4.78 is 31.0. The van der Waals surface area contributed by atoms with Gasteiger partial charge in [0.2, 0.25) is 0 Å². The van der Waals surface area contributed by atoms with Crippen molar-refractivity contribution in [3.63, 3.8) is 0 Å². The van der Waals surface area contributed by atoms with E-state index in [0.717, 1.165) is 12.1 Å². The second kappa shape index (κ2) is 5.12. The van der Waals surface area contributed by atoms with E-state index in [4.69, 9.17) is 4.55 Å². The molecule has 0 aliphatic heterocycles. The molecule has 1 rings (SSSR count). The molecule has 0 amide bonds. The number of allylic oxidation sites excluding steroid dienone is 1. The van der Waals surface area contributed by atoms with Gasteiger partial charge >= 0.3 is 15.8 Å². The smallest absolute Gasteiger partial charge is 0.282 e. The second-order valence-electron chi connectivity index (χ2n) is 3.39. The lowest BCUT2D eigenvalue weighted by molar-refractivity contribution is -0.397. The zero-order valence-electron chi connectivity index (χ0n) is 9.35. The van der Waals surface area contributed by atoms with Crippen LogP contribution in [-0.2, 0) is 16.5 Å². The fourth-order valence-electron chi connectivity index (χ4n) is 1.53. The molecule has 9 nitrogen and oxygen atoms in total. The first-order chi connectivity index (χ1) is 8.70. The molecule has 0 saturated carbocycles. The molecule has 0 fully saturated rings. The summed E-state index contributed by atoms with van der Waals surface area (Å²) in [7, 11) is -4.86. The zero-order valence-corrected chi connectivity index (χ0v) is 10.2. The molecule has 0 aliphatic carbocycles. The zero-order chi connectivity index (χ0) is 14.8. The Kier molecular flexibility index (Phi) is 3.97. The molecule has 0 bridgehead atoms. The van der Waals surface area contributed by atoms with Gasteiger partial charge in [-0.1, -0.05) is 6.08 Å². The summed E-state index contributed by atoms with van der Waals surface area (Å²) in [4.78, 5) is 18.7. The molecule has 0 spiro atoms. The molecule has 0 saturated heterocycles. The van der Waals surface area contributed by atoms with Gasteiger partial charge in [-0.05, 0) is 6.07 Å². The number of hydrogen-bond donors (Lipinski definition) is 1. The summed E-state index contributed by atoms with van der Waals surface area (Å²) in [5, 5.41) is 21.7. The fraction of sp³-hybridized carbons (Fsp3) is 0.111. The van der Waals surface area contributed by atoms with E-state index < -0.39 is 41.8 Å². The highest BCUT2D eigenvalue weighted by atomic mass is 32.2. The van der Waals surface area contributed by atoms with Crippen LogP contribution in [0, 0.1) is 20.2 Å². The highest BCUT2D eigenvalue weighted by Crippen LogP contribution is 2.34. The van der Waals surface area contributed by atoms with Gasteiger partial charge < -0.3 is 0 Å². The van der Waals surface area contributed by atoms with E-state index in [2.05, 4.69) is 6.58 Å². The predicted molar refractivity (Wildman–Crippen MR) is 63.5 cm³/mol. The molecule has 10 heteroatoms. The van der Waals surface area contributed by atoms with Crippen LogP contribution in [0.3, 0.4) is 0 Å². The molecular weight excluding hydrogens is 280 g/mol. The molecule has 1 aromatic carbocycles. The maximum atomic E-state index is 11.1. The Labute approximate surface area is 107 Å². The maximum absolute atomic E-state index is 11.1. The number of hydrogen-bond acceptors (Lipinski definition) is 6. The van der Waals surface area contributed by atoms with Crippen LogP contribution in [0.15, 0.2) is 29.7 Å². The molecule has 19 heavy (non-hydrogen) atoms. The standard InChI is InChI=1S/C9H8N2O7S/c1-2-3-6-7(10(12)13)4-5-8(19(16,17)18)9(6)11(14)15/h2,4-5H,1,3H2,(H,16,17,18). The minimum absolute atomic E-state index is 0.282. The van der Waals surface area contributed by atoms with Gasteiger partial charge in [0.15, 0.2) is 4.90 Å². The van der Waals surface area contributed by atoms with E-state index in [1.165, 1.54) is 0 Å². The van der Waals surface area contributed by atoms with Crippen LogP contribution in [-0.4, -0.2) is 22.8 Å². The molecular formula is C9H8N2O7S. The summed E-state index contributed by atoms with van der Waals surface area (Å²) in [6.45, 7) is 3.29. The minimum atomic E-state index is -4.86. The van der Waals surface area contributed by atoms with Crippen LogP contribution in [0.2, 0.25) is 0 Å². The number of nitro benzene ring substituents is 2. The van der Waals surface area contributed by atoms with Gasteiger partial charge in [-0.25, -0.2) is 0 Å². The Bertz CT molecular complexity index is 665. The summed E-state index contributed by atoms with van der Waals surface area (Å²) >= 11 is 0. The van der Waals surface area contributed by atoms with Crippen LogP contribution >= 0.6 is 0 Å². The summed E-state index contributed by atoms with van der Waals surface area (Å²) in [5.74, 6) is 0. The van der Waals surface area contributed by atoms with E-state index in [1.54, 1.807) is 0 Å². The Morgan fingerprint density at radius 3 is 2.21 bits per heavy atom. The first-order valence-corrected chi connectivity index (χ1v) is 6.17. The Hall–Kier alpha value is -2.33. The normalized spacial score (nSPS) is 11.0. The highest BCUT2D eigenvalue weighted by Gasteiger charge is 2.33. The van der Waals surface area contributed by atoms with Crippen molar-refractivity contribution in [3.05, 3.63) is 50.6 Å². The lowest BCUT2D eigenvalue weighted by Gasteiger charge is -2.05. The molecule has 0 atom stereocenters. The molecule has 0 unspecified atom stereocenters. The molecule has 0 aliphatic rings. The third-order valence-electron chi connectivity index (χ3n) is 2.23. The Morgan fingerprint density at radius 2 is 1.84 bits per heavy atom. The van der Waals surface area contributed by atoms with Crippen molar-refractivity contribution in [2.75, 3.05) is 0 Å². The Balaban J connectivity index is 3.83. The molecule has 0 aromatic heterocycles. The largest absolute Gasteiger partial charge is 0.301 e. The van der Waals surface area contributed by atoms with Crippen molar-refractivity contribution in [2.45, 2.75) is 11.3 Å². The number of rotatable bonds is 5. The van der Waals surface area contributed by atoms with E-state index in [9.17, 15) is 28.6 Å². The summed E-state index contributed by atoms with van der Waals surface area (Å²) in [6, 6.07) is 1.41. The van der Waals surface area contributed by atoms with Gasteiger partial charge in [0.05, 0.1) is 9.85 Å². The minimum Gasteiger partial charge on any atom is -0.282 e. The first-order valence-electron chi connectivity index (χ1n) is 4.73. The lowest BCUT2D eigenvalue weighted by Crippen LogP contribution is -2.08. The van der Waals surface area contributed by atoms with Gasteiger partial charge in [-0.15, -0.1) is 6.58 Å². The maximum Gasteiger partial charge on any atom is 0.301 e. The van der Waals surface area contributed by atoms with E-state index in [1.807, 2.05) is 0 Å². The molecule has 0 heterocycles.